The first-order valence-corrected chi connectivity index (χ1v) is 4.39. The zero-order chi connectivity index (χ0) is 9.97. The van der Waals surface area contributed by atoms with Gasteiger partial charge in [-0.3, -0.25) is 0 Å². The van der Waals surface area contributed by atoms with Gasteiger partial charge in [0.2, 0.25) is 0 Å². The molecule has 1 radical (unpaired) electrons. The monoisotopic (exact) mass is 183 g/mol. The van der Waals surface area contributed by atoms with E-state index in [1.165, 1.54) is 0 Å². The highest BCUT2D eigenvalue weighted by Crippen LogP contribution is 2.20. The summed E-state index contributed by atoms with van der Waals surface area (Å²) in [5, 5.41) is 0. The van der Waals surface area contributed by atoms with Gasteiger partial charge >= 0.3 is 0 Å². The first kappa shape index (κ1) is 8.63. The molecule has 0 aromatic heterocycles. The van der Waals surface area contributed by atoms with E-state index in [2.05, 4.69) is 6.07 Å². The van der Waals surface area contributed by atoms with Crippen molar-refractivity contribution in [2.75, 3.05) is 11.5 Å². The third-order valence-corrected chi connectivity index (χ3v) is 2.06. The van der Waals surface area contributed by atoms with Gasteiger partial charge in [0, 0.05) is 11.4 Å². The number of nitrogens with two attached hydrogens (primary N) is 2. The van der Waals surface area contributed by atoms with E-state index in [0.717, 1.165) is 22.5 Å². The number of rotatable bonds is 1. The van der Waals surface area contributed by atoms with Crippen LogP contribution in [0.5, 0.6) is 0 Å². The van der Waals surface area contributed by atoms with Crippen LogP contribution in [0.15, 0.2) is 42.5 Å². The molecule has 2 aromatic rings. The molecule has 0 bridgehead atoms. The predicted octanol–water partition coefficient (Wildman–Crippen LogP) is 2.32. The summed E-state index contributed by atoms with van der Waals surface area (Å²) in [6, 6.07) is 16.4. The van der Waals surface area contributed by atoms with Gasteiger partial charge in [-0.05, 0) is 41.5 Å². The van der Waals surface area contributed by atoms with Crippen LogP contribution >= 0.6 is 0 Å². The zero-order valence-electron chi connectivity index (χ0n) is 7.70. The highest BCUT2D eigenvalue weighted by molar-refractivity contribution is 5.66. The van der Waals surface area contributed by atoms with Gasteiger partial charge in [-0.15, -0.1) is 0 Å². The fourth-order valence-corrected chi connectivity index (χ4v) is 1.28. The predicted molar refractivity (Wildman–Crippen MR) is 59.5 cm³/mol. The summed E-state index contributed by atoms with van der Waals surface area (Å²) in [5.74, 6) is 0. The van der Waals surface area contributed by atoms with E-state index in [-0.39, 0.29) is 0 Å². The van der Waals surface area contributed by atoms with Crippen LogP contribution in [0.3, 0.4) is 0 Å². The Morgan fingerprint density at radius 3 is 2.00 bits per heavy atom. The molecule has 2 rings (SSSR count). The van der Waals surface area contributed by atoms with Gasteiger partial charge in [0.1, 0.15) is 0 Å². The van der Waals surface area contributed by atoms with Crippen LogP contribution in [-0.4, -0.2) is 0 Å². The summed E-state index contributed by atoms with van der Waals surface area (Å²) in [7, 11) is 0. The summed E-state index contributed by atoms with van der Waals surface area (Å²) in [4.78, 5) is 0. The lowest BCUT2D eigenvalue weighted by atomic mass is 10.1. The van der Waals surface area contributed by atoms with Gasteiger partial charge < -0.3 is 11.5 Å². The molecule has 4 N–H and O–H groups in total. The first-order valence-electron chi connectivity index (χ1n) is 4.39. The SMILES string of the molecule is Nc1c[c]c(-c2ccc(N)cc2)cc1. The number of nitrogen functional groups attached to an aromatic ring is 2. The van der Waals surface area contributed by atoms with Crippen LogP contribution in [0.4, 0.5) is 11.4 Å². The lowest BCUT2D eigenvalue weighted by Crippen LogP contribution is -1.86. The van der Waals surface area contributed by atoms with Crippen LogP contribution in [0.25, 0.3) is 11.1 Å². The summed E-state index contributed by atoms with van der Waals surface area (Å²) in [5.41, 5.74) is 14.8. The summed E-state index contributed by atoms with van der Waals surface area (Å²) in [6.07, 6.45) is 0. The van der Waals surface area contributed by atoms with Gasteiger partial charge in [-0.2, -0.15) is 0 Å². The fourth-order valence-electron chi connectivity index (χ4n) is 1.28. The van der Waals surface area contributed by atoms with Gasteiger partial charge in [-0.1, -0.05) is 18.2 Å². The second-order valence-corrected chi connectivity index (χ2v) is 3.16. The molecule has 0 aliphatic rings. The molecule has 0 spiro atoms. The number of hydrogen-bond acceptors (Lipinski definition) is 2. The van der Waals surface area contributed by atoms with Crippen LogP contribution in [0.1, 0.15) is 0 Å². The topological polar surface area (TPSA) is 52.0 Å². The van der Waals surface area contributed by atoms with Gasteiger partial charge in [0.05, 0.1) is 0 Å². The highest BCUT2D eigenvalue weighted by Gasteiger charge is 1.96. The van der Waals surface area contributed by atoms with Crippen molar-refractivity contribution >= 4 is 11.4 Å². The van der Waals surface area contributed by atoms with Crippen molar-refractivity contribution in [3.63, 3.8) is 0 Å². The molecule has 0 atom stereocenters. The minimum absolute atomic E-state index is 0.726. The van der Waals surface area contributed by atoms with E-state index in [9.17, 15) is 0 Å². The fraction of sp³-hybridized carbons (Fsp3) is 0. The quantitative estimate of drug-likeness (QED) is 0.666. The van der Waals surface area contributed by atoms with Gasteiger partial charge in [0.25, 0.3) is 0 Å². The summed E-state index contributed by atoms with van der Waals surface area (Å²) >= 11 is 0. The number of anilines is 2. The average Bonchev–Trinajstić information content (AvgIpc) is 2.21. The summed E-state index contributed by atoms with van der Waals surface area (Å²) in [6.45, 7) is 0. The molecule has 0 fully saturated rings. The van der Waals surface area contributed by atoms with Crippen molar-refractivity contribution in [3.05, 3.63) is 48.5 Å². The standard InChI is InChI=1S/C12H11N2/c13-11-5-1-9(2-6-11)10-3-7-12(14)8-4-10/h1-3,5-8H,13-14H2. The van der Waals surface area contributed by atoms with Crippen LogP contribution in [0, 0.1) is 6.07 Å². The Morgan fingerprint density at radius 1 is 0.786 bits per heavy atom. The molecule has 2 aromatic carbocycles. The molecule has 69 valence electrons. The highest BCUT2D eigenvalue weighted by atomic mass is 14.5. The summed E-state index contributed by atoms with van der Waals surface area (Å²) < 4.78 is 0. The van der Waals surface area contributed by atoms with Crippen LogP contribution < -0.4 is 11.5 Å². The molecule has 2 heteroatoms. The Balaban J connectivity index is 2.40. The third-order valence-electron chi connectivity index (χ3n) is 2.06. The number of hydrogen-bond donors (Lipinski definition) is 2. The Labute approximate surface area is 83.2 Å². The Morgan fingerprint density at radius 2 is 1.43 bits per heavy atom. The van der Waals surface area contributed by atoms with Crippen molar-refractivity contribution in [3.8, 4) is 11.1 Å². The van der Waals surface area contributed by atoms with Crippen molar-refractivity contribution < 1.29 is 0 Å². The van der Waals surface area contributed by atoms with Crippen LogP contribution in [0.2, 0.25) is 0 Å². The van der Waals surface area contributed by atoms with Crippen LogP contribution in [-0.2, 0) is 0 Å². The Kier molecular flexibility index (Phi) is 2.11. The second-order valence-electron chi connectivity index (χ2n) is 3.16. The Hall–Kier alpha value is -1.96. The van der Waals surface area contributed by atoms with Gasteiger partial charge in [0.15, 0.2) is 0 Å². The molecule has 14 heavy (non-hydrogen) atoms. The minimum atomic E-state index is 0.726. The van der Waals surface area contributed by atoms with Crippen molar-refractivity contribution in [2.45, 2.75) is 0 Å². The average molecular weight is 183 g/mol. The molecular weight excluding hydrogens is 172 g/mol. The molecule has 2 nitrogen and oxygen atoms in total. The Bertz CT molecular complexity index is 372. The zero-order valence-corrected chi connectivity index (χ0v) is 7.70. The largest absolute Gasteiger partial charge is 0.399 e. The lowest BCUT2D eigenvalue weighted by molar-refractivity contribution is 1.60. The maximum absolute atomic E-state index is 5.60. The van der Waals surface area contributed by atoms with E-state index < -0.39 is 0 Å². The maximum Gasteiger partial charge on any atom is 0.0320 e. The molecule has 0 saturated carbocycles. The van der Waals surface area contributed by atoms with E-state index in [1.54, 1.807) is 6.07 Å². The molecule has 0 aliphatic heterocycles. The molecular formula is C12H11N2. The van der Waals surface area contributed by atoms with Gasteiger partial charge in [-0.25, -0.2) is 0 Å². The second kappa shape index (κ2) is 3.42. The first-order chi connectivity index (χ1) is 6.75. The van der Waals surface area contributed by atoms with E-state index >= 15 is 0 Å². The number of benzene rings is 2. The molecule has 0 saturated heterocycles. The molecule has 0 amide bonds. The third kappa shape index (κ3) is 1.69. The van der Waals surface area contributed by atoms with E-state index in [0.29, 0.717) is 0 Å². The molecule has 0 unspecified atom stereocenters. The molecule has 0 heterocycles. The van der Waals surface area contributed by atoms with Crippen molar-refractivity contribution in [1.82, 2.24) is 0 Å². The smallest absolute Gasteiger partial charge is 0.0320 e. The van der Waals surface area contributed by atoms with Crippen molar-refractivity contribution in [1.29, 1.82) is 0 Å². The normalized spacial score (nSPS) is 10.0. The van der Waals surface area contributed by atoms with E-state index in [4.69, 9.17) is 11.5 Å². The lowest BCUT2D eigenvalue weighted by Gasteiger charge is -2.01. The van der Waals surface area contributed by atoms with Crippen molar-refractivity contribution in [2.24, 2.45) is 0 Å². The maximum atomic E-state index is 5.60. The van der Waals surface area contributed by atoms with E-state index in [1.807, 2.05) is 36.4 Å². The minimum Gasteiger partial charge on any atom is -0.399 e. The molecule has 0 aliphatic carbocycles.